The number of amides is 2. The number of hydrogen-bond acceptors (Lipinski definition) is 2. The van der Waals surface area contributed by atoms with Gasteiger partial charge in [0.05, 0.1) is 0 Å². The summed E-state index contributed by atoms with van der Waals surface area (Å²) in [5.74, 6) is -1.77. The highest BCUT2D eigenvalue weighted by molar-refractivity contribution is 6.39. The third-order valence-electron chi connectivity index (χ3n) is 3.37. The van der Waals surface area contributed by atoms with Crippen LogP contribution in [0.25, 0.3) is 0 Å². The molecule has 0 radical (unpaired) electrons. The van der Waals surface area contributed by atoms with E-state index in [2.05, 4.69) is 17.6 Å². The number of halogens is 1. The maximum absolute atomic E-state index is 12.7. The minimum absolute atomic E-state index is 0.388. The van der Waals surface area contributed by atoms with Gasteiger partial charge in [0.2, 0.25) is 0 Å². The summed E-state index contributed by atoms with van der Waals surface area (Å²) >= 11 is 0. The lowest BCUT2D eigenvalue weighted by Crippen LogP contribution is -2.35. The van der Waals surface area contributed by atoms with Gasteiger partial charge in [0.1, 0.15) is 5.82 Å². The molecule has 2 N–H and O–H groups in total. The standard InChI is InChI=1S/C17H25FN2O2/c1-2-3-4-5-6-7-8-13-19-16(21)17(22)20-15-11-9-14(18)10-12-15/h9-12H,2-8,13H2,1H3,(H,19,21)(H,20,22). The van der Waals surface area contributed by atoms with E-state index in [0.717, 1.165) is 19.3 Å². The molecule has 2 amide bonds. The smallest absolute Gasteiger partial charge is 0.313 e. The van der Waals surface area contributed by atoms with Gasteiger partial charge in [0, 0.05) is 12.2 Å². The van der Waals surface area contributed by atoms with Gasteiger partial charge < -0.3 is 10.6 Å². The topological polar surface area (TPSA) is 58.2 Å². The van der Waals surface area contributed by atoms with Gasteiger partial charge in [-0.05, 0) is 30.7 Å². The van der Waals surface area contributed by atoms with Gasteiger partial charge in [-0.25, -0.2) is 4.39 Å². The van der Waals surface area contributed by atoms with E-state index >= 15 is 0 Å². The zero-order chi connectivity index (χ0) is 16.2. The van der Waals surface area contributed by atoms with Crippen LogP contribution >= 0.6 is 0 Å². The van der Waals surface area contributed by atoms with E-state index in [1.54, 1.807) is 0 Å². The van der Waals surface area contributed by atoms with Crippen molar-refractivity contribution < 1.29 is 14.0 Å². The first kappa shape index (κ1) is 18.1. The van der Waals surface area contributed by atoms with Crippen LogP contribution in [0.4, 0.5) is 10.1 Å². The first-order valence-corrected chi connectivity index (χ1v) is 7.98. The Labute approximate surface area is 131 Å². The molecule has 4 nitrogen and oxygen atoms in total. The average Bonchev–Trinajstić information content (AvgIpc) is 2.52. The molecule has 0 aliphatic carbocycles. The normalized spacial score (nSPS) is 10.3. The van der Waals surface area contributed by atoms with E-state index in [4.69, 9.17) is 0 Å². The highest BCUT2D eigenvalue weighted by Gasteiger charge is 2.12. The monoisotopic (exact) mass is 308 g/mol. The molecule has 0 bridgehead atoms. The Hall–Kier alpha value is -1.91. The van der Waals surface area contributed by atoms with E-state index in [9.17, 15) is 14.0 Å². The van der Waals surface area contributed by atoms with Gasteiger partial charge in [-0.2, -0.15) is 0 Å². The molecule has 1 rings (SSSR count). The number of hydrogen-bond donors (Lipinski definition) is 2. The fourth-order valence-corrected chi connectivity index (χ4v) is 2.09. The molecule has 5 heteroatoms. The maximum Gasteiger partial charge on any atom is 0.313 e. The zero-order valence-electron chi connectivity index (χ0n) is 13.2. The van der Waals surface area contributed by atoms with Crippen molar-refractivity contribution in [2.45, 2.75) is 51.9 Å². The number of nitrogens with one attached hydrogen (secondary N) is 2. The summed E-state index contributed by atoms with van der Waals surface area (Å²) < 4.78 is 12.7. The predicted octanol–water partition coefficient (Wildman–Crippen LogP) is 3.63. The lowest BCUT2D eigenvalue weighted by atomic mass is 10.1. The van der Waals surface area contributed by atoms with E-state index in [0.29, 0.717) is 12.2 Å². The summed E-state index contributed by atoms with van der Waals surface area (Å²) in [7, 11) is 0. The van der Waals surface area contributed by atoms with Crippen LogP contribution in [-0.2, 0) is 9.59 Å². The second-order valence-corrected chi connectivity index (χ2v) is 5.34. The molecule has 0 atom stereocenters. The third kappa shape index (κ3) is 7.76. The molecule has 0 unspecified atom stereocenters. The molecule has 0 saturated carbocycles. The summed E-state index contributed by atoms with van der Waals surface area (Å²) in [6.45, 7) is 2.69. The van der Waals surface area contributed by atoms with E-state index < -0.39 is 11.8 Å². The lowest BCUT2D eigenvalue weighted by Gasteiger charge is -2.06. The summed E-state index contributed by atoms with van der Waals surface area (Å²) in [6, 6.07) is 5.28. The van der Waals surface area contributed by atoms with Crippen LogP contribution in [-0.4, -0.2) is 18.4 Å². The van der Waals surface area contributed by atoms with Gasteiger partial charge in [0.25, 0.3) is 0 Å². The highest BCUT2D eigenvalue weighted by atomic mass is 19.1. The summed E-state index contributed by atoms with van der Waals surface area (Å²) in [5, 5.41) is 5.02. The van der Waals surface area contributed by atoms with E-state index in [1.165, 1.54) is 49.9 Å². The molecule has 0 aliphatic rings. The second kappa shape index (κ2) is 10.8. The molecule has 1 aromatic carbocycles. The summed E-state index contributed by atoms with van der Waals surface area (Å²) in [5.41, 5.74) is 0.400. The fraction of sp³-hybridized carbons (Fsp3) is 0.529. The van der Waals surface area contributed by atoms with Crippen LogP contribution in [0.5, 0.6) is 0 Å². The van der Waals surface area contributed by atoms with E-state index in [1.807, 2.05) is 0 Å². The number of carbonyl (C=O) groups excluding carboxylic acids is 2. The second-order valence-electron chi connectivity index (χ2n) is 5.34. The van der Waals surface area contributed by atoms with Crippen LogP contribution in [0.1, 0.15) is 51.9 Å². The van der Waals surface area contributed by atoms with Crippen LogP contribution in [0.15, 0.2) is 24.3 Å². The molecule has 1 aromatic rings. The molecule has 0 spiro atoms. The van der Waals surface area contributed by atoms with Crippen LogP contribution < -0.4 is 10.6 Å². The van der Waals surface area contributed by atoms with Crippen LogP contribution in [0.3, 0.4) is 0 Å². The average molecular weight is 308 g/mol. The van der Waals surface area contributed by atoms with Crippen LogP contribution in [0, 0.1) is 5.82 Å². The number of benzene rings is 1. The molecule has 0 fully saturated rings. The molecule has 0 aliphatic heterocycles. The molecular formula is C17H25FN2O2. The molecule has 0 saturated heterocycles. The first-order chi connectivity index (χ1) is 10.6. The van der Waals surface area contributed by atoms with Crippen molar-refractivity contribution in [3.8, 4) is 0 Å². The van der Waals surface area contributed by atoms with Crippen molar-refractivity contribution in [2.24, 2.45) is 0 Å². The number of rotatable bonds is 9. The van der Waals surface area contributed by atoms with Crippen molar-refractivity contribution in [1.29, 1.82) is 0 Å². The largest absolute Gasteiger partial charge is 0.348 e. The van der Waals surface area contributed by atoms with Crippen molar-refractivity contribution >= 4 is 17.5 Å². The molecule has 0 aromatic heterocycles. The molecule has 22 heavy (non-hydrogen) atoms. The van der Waals surface area contributed by atoms with Crippen molar-refractivity contribution in [3.63, 3.8) is 0 Å². The van der Waals surface area contributed by atoms with Gasteiger partial charge >= 0.3 is 11.8 Å². The quantitative estimate of drug-likeness (QED) is 0.540. The molecular weight excluding hydrogens is 283 g/mol. The predicted molar refractivity (Wildman–Crippen MR) is 86.0 cm³/mol. The minimum atomic E-state index is -0.727. The first-order valence-electron chi connectivity index (χ1n) is 7.98. The van der Waals surface area contributed by atoms with Gasteiger partial charge in [0.15, 0.2) is 0 Å². The minimum Gasteiger partial charge on any atom is -0.348 e. The Balaban J connectivity index is 2.11. The van der Waals surface area contributed by atoms with Crippen molar-refractivity contribution in [3.05, 3.63) is 30.1 Å². The lowest BCUT2D eigenvalue weighted by molar-refractivity contribution is -0.136. The Morgan fingerprint density at radius 2 is 1.50 bits per heavy atom. The maximum atomic E-state index is 12.7. The van der Waals surface area contributed by atoms with E-state index in [-0.39, 0.29) is 5.82 Å². The SMILES string of the molecule is CCCCCCCCCNC(=O)C(=O)Nc1ccc(F)cc1. The molecule has 122 valence electrons. The van der Waals surface area contributed by atoms with Crippen LogP contribution in [0.2, 0.25) is 0 Å². The molecule has 0 heterocycles. The van der Waals surface area contributed by atoms with Crippen molar-refractivity contribution in [1.82, 2.24) is 5.32 Å². The number of anilines is 1. The fourth-order valence-electron chi connectivity index (χ4n) is 2.09. The Bertz CT molecular complexity index is 460. The number of carbonyl (C=O) groups is 2. The highest BCUT2D eigenvalue weighted by Crippen LogP contribution is 2.08. The third-order valence-corrected chi connectivity index (χ3v) is 3.37. The Morgan fingerprint density at radius 1 is 0.909 bits per heavy atom. The van der Waals surface area contributed by atoms with Gasteiger partial charge in [-0.3, -0.25) is 9.59 Å². The number of unbranched alkanes of at least 4 members (excludes halogenated alkanes) is 6. The zero-order valence-corrected chi connectivity index (χ0v) is 13.2. The van der Waals surface area contributed by atoms with Gasteiger partial charge in [-0.1, -0.05) is 45.4 Å². The Morgan fingerprint density at radius 3 is 2.14 bits per heavy atom. The van der Waals surface area contributed by atoms with Gasteiger partial charge in [-0.15, -0.1) is 0 Å². The summed E-state index contributed by atoms with van der Waals surface area (Å²) in [4.78, 5) is 23.2. The Kier molecular flexibility index (Phi) is 8.88. The van der Waals surface area contributed by atoms with Crippen molar-refractivity contribution in [2.75, 3.05) is 11.9 Å². The summed E-state index contributed by atoms with van der Waals surface area (Å²) in [6.07, 6.45) is 8.11.